The van der Waals surface area contributed by atoms with Crippen LogP contribution in [0.5, 0.6) is 0 Å². The van der Waals surface area contributed by atoms with Crippen LogP contribution < -0.4 is 0 Å². The minimum absolute atomic E-state index is 0.284. The summed E-state index contributed by atoms with van der Waals surface area (Å²) in [4.78, 5) is 24.5. The molecule has 0 saturated heterocycles. The number of benzene rings is 2. The van der Waals surface area contributed by atoms with Gasteiger partial charge in [-0.15, -0.1) is 0 Å². The predicted molar refractivity (Wildman–Crippen MR) is 102 cm³/mol. The third-order valence-electron chi connectivity index (χ3n) is 4.55. The maximum atomic E-state index is 12.4. The molecule has 2 aromatic rings. The van der Waals surface area contributed by atoms with E-state index in [4.69, 9.17) is 0 Å². The minimum Gasteiger partial charge on any atom is -0.382 e. The fraction of sp³-hybridized carbons (Fsp3) is 0.364. The van der Waals surface area contributed by atoms with Crippen molar-refractivity contribution in [2.24, 2.45) is 0 Å². The number of Topliss-reactive ketones (excluding diaryl/α,β-unsaturated/α-hetero) is 2. The molecule has 0 spiro atoms. The molecule has 1 unspecified atom stereocenters. The van der Waals surface area contributed by atoms with E-state index in [2.05, 4.69) is 0 Å². The van der Waals surface area contributed by atoms with Gasteiger partial charge in [-0.3, -0.25) is 9.59 Å². The van der Waals surface area contributed by atoms with Gasteiger partial charge >= 0.3 is 0 Å². The zero-order valence-electron chi connectivity index (χ0n) is 15.7. The van der Waals surface area contributed by atoms with Crippen molar-refractivity contribution in [3.63, 3.8) is 0 Å². The summed E-state index contributed by atoms with van der Waals surface area (Å²) in [6, 6.07) is 14.3. The Morgan fingerprint density at radius 1 is 0.846 bits per heavy atom. The van der Waals surface area contributed by atoms with Crippen molar-refractivity contribution in [3.8, 4) is 0 Å². The zero-order valence-corrected chi connectivity index (χ0v) is 15.7. The van der Waals surface area contributed by atoms with E-state index in [1.54, 1.807) is 37.3 Å². The first-order chi connectivity index (χ1) is 12.0. The maximum Gasteiger partial charge on any atom is 0.194 e. The smallest absolute Gasteiger partial charge is 0.194 e. The van der Waals surface area contributed by atoms with Gasteiger partial charge in [-0.05, 0) is 50.8 Å². The Hall–Kier alpha value is -2.30. The summed E-state index contributed by atoms with van der Waals surface area (Å²) in [7, 11) is 0. The summed E-state index contributed by atoms with van der Waals surface area (Å²) in [5.74, 6) is -0.605. The topological polar surface area (TPSA) is 74.6 Å². The molecule has 1 atom stereocenters. The van der Waals surface area contributed by atoms with Crippen molar-refractivity contribution in [1.29, 1.82) is 0 Å². The van der Waals surface area contributed by atoms with Gasteiger partial charge in [-0.2, -0.15) is 0 Å². The van der Waals surface area contributed by atoms with Crippen LogP contribution in [0.2, 0.25) is 0 Å². The van der Waals surface area contributed by atoms with Gasteiger partial charge in [-0.1, -0.05) is 49.4 Å². The molecule has 2 N–H and O–H groups in total. The molecule has 4 heteroatoms. The van der Waals surface area contributed by atoms with Gasteiger partial charge in [0.15, 0.2) is 11.6 Å². The van der Waals surface area contributed by atoms with Crippen LogP contribution in [0.25, 0.3) is 0 Å². The molecule has 0 aliphatic heterocycles. The van der Waals surface area contributed by atoms with Crippen molar-refractivity contribution >= 4 is 11.6 Å². The second-order valence-corrected chi connectivity index (χ2v) is 7.42. The fourth-order valence-corrected chi connectivity index (χ4v) is 2.66. The molecular formula is C22H26O4. The lowest BCUT2D eigenvalue weighted by molar-refractivity contribution is 0.0390. The SMILES string of the molecule is CCC(C)(O)C(=O)c1cccc(Cc2ccc(C(=O)C(C)(C)O)cc2)c1. The largest absolute Gasteiger partial charge is 0.382 e. The van der Waals surface area contributed by atoms with E-state index in [0.29, 0.717) is 24.0 Å². The average Bonchev–Trinajstić information content (AvgIpc) is 2.60. The molecule has 138 valence electrons. The van der Waals surface area contributed by atoms with Crippen molar-refractivity contribution < 1.29 is 19.8 Å². The number of carbonyl (C=O) groups excluding carboxylic acids is 2. The summed E-state index contributed by atoms with van der Waals surface area (Å²) in [5, 5.41) is 20.0. The summed E-state index contributed by atoms with van der Waals surface area (Å²) in [6.07, 6.45) is 0.957. The van der Waals surface area contributed by atoms with Crippen molar-refractivity contribution in [2.75, 3.05) is 0 Å². The van der Waals surface area contributed by atoms with E-state index in [1.807, 2.05) is 18.2 Å². The quantitative estimate of drug-likeness (QED) is 0.746. The first-order valence-corrected chi connectivity index (χ1v) is 8.77. The summed E-state index contributed by atoms with van der Waals surface area (Å²) in [5.41, 5.74) is 0.130. The fourth-order valence-electron chi connectivity index (χ4n) is 2.66. The number of aliphatic hydroxyl groups is 2. The lowest BCUT2D eigenvalue weighted by Crippen LogP contribution is -2.34. The molecule has 0 bridgehead atoms. The van der Waals surface area contributed by atoms with E-state index >= 15 is 0 Å². The number of rotatable bonds is 7. The van der Waals surface area contributed by atoms with Gasteiger partial charge in [0.1, 0.15) is 11.2 Å². The Labute approximate surface area is 154 Å². The van der Waals surface area contributed by atoms with Crippen LogP contribution in [0.4, 0.5) is 0 Å². The normalized spacial score (nSPS) is 13.9. The number of ketones is 2. The Morgan fingerprint density at radius 2 is 1.46 bits per heavy atom. The second kappa shape index (κ2) is 7.52. The van der Waals surface area contributed by atoms with E-state index in [1.165, 1.54) is 20.8 Å². The molecule has 0 aromatic heterocycles. The Bertz CT molecular complexity index is 796. The highest BCUT2D eigenvalue weighted by Crippen LogP contribution is 2.20. The molecule has 0 saturated carbocycles. The number of hydrogen-bond acceptors (Lipinski definition) is 4. The molecule has 0 aliphatic rings. The lowest BCUT2D eigenvalue weighted by atomic mass is 9.90. The summed E-state index contributed by atoms with van der Waals surface area (Å²) in [6.45, 7) is 6.24. The standard InChI is InChI=1S/C22H26O4/c1-5-22(4,26)20(24)18-8-6-7-16(14-18)13-15-9-11-17(12-10-15)19(23)21(2,3)25/h6-12,14,25-26H,5,13H2,1-4H3. The highest BCUT2D eigenvalue weighted by atomic mass is 16.3. The summed E-state index contributed by atoms with van der Waals surface area (Å²) >= 11 is 0. The third kappa shape index (κ3) is 4.65. The minimum atomic E-state index is -1.40. The van der Waals surface area contributed by atoms with E-state index < -0.39 is 11.2 Å². The van der Waals surface area contributed by atoms with Crippen LogP contribution in [0.15, 0.2) is 48.5 Å². The van der Waals surface area contributed by atoms with Gasteiger partial charge in [-0.25, -0.2) is 0 Å². The molecule has 0 radical (unpaired) electrons. The zero-order chi connectivity index (χ0) is 19.5. The Balaban J connectivity index is 2.18. The molecule has 2 aromatic carbocycles. The molecule has 4 nitrogen and oxygen atoms in total. The Morgan fingerprint density at radius 3 is 2.00 bits per heavy atom. The van der Waals surface area contributed by atoms with E-state index in [0.717, 1.165) is 11.1 Å². The lowest BCUT2D eigenvalue weighted by Gasteiger charge is -2.19. The van der Waals surface area contributed by atoms with Crippen LogP contribution in [0.3, 0.4) is 0 Å². The summed E-state index contributed by atoms with van der Waals surface area (Å²) < 4.78 is 0. The van der Waals surface area contributed by atoms with Crippen LogP contribution in [-0.4, -0.2) is 33.0 Å². The molecule has 2 rings (SSSR count). The Kier molecular flexibility index (Phi) is 5.79. The van der Waals surface area contributed by atoms with Crippen LogP contribution >= 0.6 is 0 Å². The van der Waals surface area contributed by atoms with Crippen molar-refractivity contribution in [2.45, 2.75) is 51.7 Å². The maximum absolute atomic E-state index is 12.4. The van der Waals surface area contributed by atoms with Gasteiger partial charge in [0.25, 0.3) is 0 Å². The first-order valence-electron chi connectivity index (χ1n) is 8.77. The number of hydrogen-bond donors (Lipinski definition) is 2. The predicted octanol–water partition coefficient (Wildman–Crippen LogP) is 3.57. The highest BCUT2D eigenvalue weighted by molar-refractivity contribution is 6.02. The molecule has 0 amide bonds. The van der Waals surface area contributed by atoms with Crippen LogP contribution in [0, 0.1) is 0 Å². The van der Waals surface area contributed by atoms with Crippen LogP contribution in [-0.2, 0) is 6.42 Å². The van der Waals surface area contributed by atoms with Crippen LogP contribution in [0.1, 0.15) is 66.0 Å². The molecule has 0 fully saturated rings. The second-order valence-electron chi connectivity index (χ2n) is 7.42. The van der Waals surface area contributed by atoms with Crippen molar-refractivity contribution in [1.82, 2.24) is 0 Å². The van der Waals surface area contributed by atoms with E-state index in [9.17, 15) is 19.8 Å². The first kappa shape index (κ1) is 20.0. The molecular weight excluding hydrogens is 328 g/mol. The number of carbonyl (C=O) groups is 2. The van der Waals surface area contributed by atoms with Crippen molar-refractivity contribution in [3.05, 3.63) is 70.8 Å². The van der Waals surface area contributed by atoms with Gasteiger partial charge < -0.3 is 10.2 Å². The molecule has 0 aliphatic carbocycles. The molecule has 0 heterocycles. The van der Waals surface area contributed by atoms with E-state index in [-0.39, 0.29) is 11.6 Å². The van der Waals surface area contributed by atoms with Gasteiger partial charge in [0.05, 0.1) is 0 Å². The highest BCUT2D eigenvalue weighted by Gasteiger charge is 2.29. The monoisotopic (exact) mass is 354 g/mol. The average molecular weight is 354 g/mol. The van der Waals surface area contributed by atoms with Gasteiger partial charge in [0, 0.05) is 11.1 Å². The molecule has 26 heavy (non-hydrogen) atoms. The van der Waals surface area contributed by atoms with Gasteiger partial charge in [0.2, 0.25) is 0 Å². The third-order valence-corrected chi connectivity index (χ3v) is 4.55.